The Kier molecular flexibility index (Phi) is 5.05. The average molecular weight is 380 g/mol. The summed E-state index contributed by atoms with van der Waals surface area (Å²) >= 11 is 12.8. The minimum atomic E-state index is -0.297. The van der Waals surface area contributed by atoms with Gasteiger partial charge in [-0.05, 0) is 62.1 Å². The molecule has 4 rings (SSSR count). The lowest BCUT2D eigenvalue weighted by atomic mass is 9.95. The molecule has 1 radical (unpaired) electrons. The van der Waals surface area contributed by atoms with Crippen molar-refractivity contribution in [3.63, 3.8) is 0 Å². The molecule has 0 unspecified atom stereocenters. The lowest BCUT2D eigenvalue weighted by molar-refractivity contribution is 0.00478. The molecule has 2 aromatic rings. The topological polar surface area (TPSA) is 47.3 Å². The van der Waals surface area contributed by atoms with Crippen LogP contribution in [0.15, 0.2) is 24.4 Å². The molecular weight excluding hydrogens is 359 g/mol. The van der Waals surface area contributed by atoms with Crippen molar-refractivity contribution in [1.82, 2.24) is 9.78 Å². The summed E-state index contributed by atoms with van der Waals surface area (Å²) in [6, 6.07) is 5.48. The maximum atomic E-state index is 9.60. The van der Waals surface area contributed by atoms with Gasteiger partial charge in [0.05, 0.1) is 40.8 Å². The number of halogens is 2. The van der Waals surface area contributed by atoms with Gasteiger partial charge in [-0.25, -0.2) is 4.68 Å². The molecule has 133 valence electrons. The molecule has 1 N–H and O–H groups in total. The highest BCUT2D eigenvalue weighted by molar-refractivity contribution is 6.37. The third-order valence-corrected chi connectivity index (χ3v) is 5.59. The van der Waals surface area contributed by atoms with E-state index < -0.39 is 0 Å². The summed E-state index contributed by atoms with van der Waals surface area (Å²) in [6.45, 7) is 0.474. The molecule has 1 aromatic carbocycles. The zero-order valence-electron chi connectivity index (χ0n) is 13.9. The van der Waals surface area contributed by atoms with Gasteiger partial charge in [-0.2, -0.15) is 5.10 Å². The Labute approximate surface area is 157 Å². The van der Waals surface area contributed by atoms with Crippen LogP contribution in [0.2, 0.25) is 10.0 Å². The van der Waals surface area contributed by atoms with Crippen molar-refractivity contribution < 1.29 is 9.84 Å². The van der Waals surface area contributed by atoms with Gasteiger partial charge in [0.2, 0.25) is 0 Å². The number of aliphatic hydroxyl groups is 1. The standard InChI is InChI=1S/C19H21Cl2N2O2/c20-16-2-1-3-17(21)19(16)23-18(15(10-22-23)12-4-5-12)11-25-14-8-6-13(24)7-9-14/h1-3,6,10,12-14,24H,4-5,7-9,11H2/t13-,14-/m0/s1. The molecule has 2 fully saturated rings. The van der Waals surface area contributed by atoms with E-state index in [4.69, 9.17) is 27.9 Å². The van der Waals surface area contributed by atoms with Crippen LogP contribution >= 0.6 is 23.2 Å². The van der Waals surface area contributed by atoms with Crippen LogP contribution in [0.25, 0.3) is 5.69 Å². The summed E-state index contributed by atoms with van der Waals surface area (Å²) in [5, 5.41) is 15.3. The van der Waals surface area contributed by atoms with E-state index in [-0.39, 0.29) is 12.2 Å². The van der Waals surface area contributed by atoms with Gasteiger partial charge >= 0.3 is 0 Å². The van der Waals surface area contributed by atoms with Crippen molar-refractivity contribution in [2.24, 2.45) is 0 Å². The summed E-state index contributed by atoms with van der Waals surface area (Å²) < 4.78 is 7.98. The highest BCUT2D eigenvalue weighted by Gasteiger charge is 2.30. The first-order valence-electron chi connectivity index (χ1n) is 8.77. The molecule has 2 saturated carbocycles. The molecule has 1 aromatic heterocycles. The molecule has 0 aliphatic heterocycles. The molecule has 0 bridgehead atoms. The van der Waals surface area contributed by atoms with Crippen LogP contribution in [-0.4, -0.2) is 27.1 Å². The van der Waals surface area contributed by atoms with E-state index >= 15 is 0 Å². The van der Waals surface area contributed by atoms with E-state index in [2.05, 4.69) is 5.10 Å². The van der Waals surface area contributed by atoms with Gasteiger partial charge in [0, 0.05) is 0 Å². The summed E-state index contributed by atoms with van der Waals surface area (Å²) in [5.74, 6) is 0.563. The summed E-state index contributed by atoms with van der Waals surface area (Å²) in [7, 11) is 0. The fraction of sp³-hybridized carbons (Fsp3) is 0.474. The third-order valence-electron chi connectivity index (χ3n) is 4.98. The fourth-order valence-electron chi connectivity index (χ4n) is 3.40. The molecule has 0 spiro atoms. The van der Waals surface area contributed by atoms with E-state index in [0.717, 1.165) is 25.0 Å². The Bertz CT molecular complexity index is 730. The predicted octanol–water partition coefficient (Wildman–Crippen LogP) is 4.69. The van der Waals surface area contributed by atoms with Crippen LogP contribution in [0.3, 0.4) is 0 Å². The van der Waals surface area contributed by atoms with Crippen LogP contribution in [0.1, 0.15) is 49.3 Å². The lowest BCUT2D eigenvalue weighted by Gasteiger charge is -2.25. The number of aliphatic hydroxyl groups excluding tert-OH is 1. The monoisotopic (exact) mass is 379 g/mol. The molecule has 4 nitrogen and oxygen atoms in total. The Morgan fingerprint density at radius 3 is 2.56 bits per heavy atom. The Balaban J connectivity index is 1.60. The van der Waals surface area contributed by atoms with Gasteiger partial charge in [-0.15, -0.1) is 0 Å². The van der Waals surface area contributed by atoms with Gasteiger partial charge in [0.25, 0.3) is 0 Å². The van der Waals surface area contributed by atoms with Crippen LogP contribution in [0.5, 0.6) is 0 Å². The number of aromatic nitrogens is 2. The Morgan fingerprint density at radius 2 is 1.92 bits per heavy atom. The van der Waals surface area contributed by atoms with E-state index in [1.54, 1.807) is 0 Å². The van der Waals surface area contributed by atoms with Crippen molar-refractivity contribution in [3.05, 3.63) is 52.1 Å². The predicted molar refractivity (Wildman–Crippen MR) is 98.3 cm³/mol. The molecule has 2 aliphatic carbocycles. The van der Waals surface area contributed by atoms with Crippen molar-refractivity contribution >= 4 is 23.2 Å². The van der Waals surface area contributed by atoms with E-state index in [9.17, 15) is 5.11 Å². The third kappa shape index (κ3) is 3.72. The largest absolute Gasteiger partial charge is 0.393 e. The van der Waals surface area contributed by atoms with Crippen LogP contribution < -0.4 is 0 Å². The highest BCUT2D eigenvalue weighted by atomic mass is 35.5. The second-order valence-corrected chi connectivity index (χ2v) is 7.67. The maximum Gasteiger partial charge on any atom is 0.102 e. The highest BCUT2D eigenvalue weighted by Crippen LogP contribution is 2.43. The quantitative estimate of drug-likeness (QED) is 0.819. The molecule has 0 amide bonds. The second kappa shape index (κ2) is 7.28. The van der Waals surface area contributed by atoms with Crippen molar-refractivity contribution in [1.29, 1.82) is 0 Å². The number of hydrogen-bond acceptors (Lipinski definition) is 3. The molecule has 0 saturated heterocycles. The first-order chi connectivity index (χ1) is 12.1. The molecule has 25 heavy (non-hydrogen) atoms. The normalized spacial score (nSPS) is 23.8. The number of ether oxygens (including phenoxy) is 1. The van der Waals surface area contributed by atoms with E-state index in [1.165, 1.54) is 18.4 Å². The Hall–Kier alpha value is -1.07. The minimum Gasteiger partial charge on any atom is -0.393 e. The van der Waals surface area contributed by atoms with Gasteiger partial charge in [0.1, 0.15) is 5.69 Å². The lowest BCUT2D eigenvalue weighted by Crippen LogP contribution is -2.25. The van der Waals surface area contributed by atoms with Crippen LogP contribution in [0.4, 0.5) is 0 Å². The van der Waals surface area contributed by atoms with Gasteiger partial charge in [-0.1, -0.05) is 29.3 Å². The molecule has 2 aliphatic rings. The average Bonchev–Trinajstić information content (AvgIpc) is 3.36. The summed E-state index contributed by atoms with van der Waals surface area (Å²) in [6.07, 6.45) is 8.49. The van der Waals surface area contributed by atoms with Crippen LogP contribution in [-0.2, 0) is 11.3 Å². The summed E-state index contributed by atoms with van der Waals surface area (Å²) in [5.41, 5.74) is 2.97. The SMILES string of the molecule is O[C@H]1[CH]C[C@H](OCc2c(C3CC3)cnn2-c2c(Cl)cccc2Cl)CC1. The maximum absolute atomic E-state index is 9.60. The fourth-order valence-corrected chi connectivity index (χ4v) is 3.96. The number of nitrogens with zero attached hydrogens (tertiary/aromatic N) is 2. The van der Waals surface area contributed by atoms with Crippen molar-refractivity contribution in [2.45, 2.75) is 56.8 Å². The zero-order valence-corrected chi connectivity index (χ0v) is 15.4. The number of rotatable bonds is 5. The second-order valence-electron chi connectivity index (χ2n) is 6.85. The van der Waals surface area contributed by atoms with E-state index in [0.29, 0.717) is 28.3 Å². The van der Waals surface area contributed by atoms with Gasteiger partial charge < -0.3 is 9.84 Å². The number of benzene rings is 1. The number of para-hydroxylation sites is 1. The zero-order chi connectivity index (χ0) is 17.4. The van der Waals surface area contributed by atoms with E-state index in [1.807, 2.05) is 35.5 Å². The van der Waals surface area contributed by atoms with Gasteiger partial charge in [-0.3, -0.25) is 0 Å². The van der Waals surface area contributed by atoms with Crippen LogP contribution in [0, 0.1) is 6.42 Å². The first-order valence-corrected chi connectivity index (χ1v) is 9.53. The smallest absolute Gasteiger partial charge is 0.102 e. The minimum absolute atomic E-state index is 0.139. The van der Waals surface area contributed by atoms with Gasteiger partial charge in [0.15, 0.2) is 0 Å². The molecular formula is C19H21Cl2N2O2. The first kappa shape index (κ1) is 17.3. The molecule has 6 heteroatoms. The van der Waals surface area contributed by atoms with Crippen molar-refractivity contribution in [2.75, 3.05) is 0 Å². The molecule has 2 atom stereocenters. The molecule has 1 heterocycles. The van der Waals surface area contributed by atoms with Crippen molar-refractivity contribution in [3.8, 4) is 5.69 Å². The number of hydrogen-bond donors (Lipinski definition) is 1. The Morgan fingerprint density at radius 1 is 1.16 bits per heavy atom. The summed E-state index contributed by atoms with van der Waals surface area (Å²) in [4.78, 5) is 0.